The van der Waals surface area contributed by atoms with Crippen molar-refractivity contribution in [3.8, 4) is 0 Å². The van der Waals surface area contributed by atoms with Crippen LogP contribution in [-0.2, 0) is 10.0 Å². The van der Waals surface area contributed by atoms with Crippen molar-refractivity contribution in [1.29, 1.82) is 0 Å². The van der Waals surface area contributed by atoms with Crippen molar-refractivity contribution in [2.75, 3.05) is 0 Å². The van der Waals surface area contributed by atoms with E-state index in [0.29, 0.717) is 0 Å². The summed E-state index contributed by atoms with van der Waals surface area (Å²) in [6, 6.07) is 6.27. The first-order valence-electron chi connectivity index (χ1n) is 5.81. The second-order valence-corrected chi connectivity index (χ2v) is 6.23. The molecule has 0 atom stereocenters. The van der Waals surface area contributed by atoms with Gasteiger partial charge < -0.3 is 0 Å². The van der Waals surface area contributed by atoms with Gasteiger partial charge in [0.25, 0.3) is 10.0 Å². The number of aryl methyl sites for hydroxylation is 1. The number of nitrogens with one attached hydrogen (secondary N) is 1. The van der Waals surface area contributed by atoms with Crippen molar-refractivity contribution >= 4 is 27.8 Å². The molecule has 1 N–H and O–H groups in total. The van der Waals surface area contributed by atoms with E-state index in [-0.39, 0.29) is 15.5 Å². The van der Waals surface area contributed by atoms with Crippen LogP contribution >= 0.6 is 11.6 Å². The van der Waals surface area contributed by atoms with E-state index < -0.39 is 15.8 Å². The first-order valence-corrected chi connectivity index (χ1v) is 7.67. The van der Waals surface area contributed by atoms with Gasteiger partial charge in [0.15, 0.2) is 5.82 Å². The third-order valence-corrected chi connectivity index (χ3v) is 4.21. The van der Waals surface area contributed by atoms with Gasteiger partial charge in [-0.1, -0.05) is 29.3 Å². The number of pyridine rings is 1. The van der Waals surface area contributed by atoms with Gasteiger partial charge >= 0.3 is 0 Å². The third-order valence-electron chi connectivity index (χ3n) is 2.57. The molecule has 0 saturated carbocycles. The highest BCUT2D eigenvalue weighted by molar-refractivity contribution is 7.89. The Morgan fingerprint density at radius 3 is 2.62 bits per heavy atom. The van der Waals surface area contributed by atoms with E-state index in [1.807, 2.05) is 11.8 Å². The summed E-state index contributed by atoms with van der Waals surface area (Å²) in [6.07, 6.45) is 3.31. The molecule has 0 unspecified atom stereocenters. The van der Waals surface area contributed by atoms with Crippen molar-refractivity contribution in [2.45, 2.75) is 11.8 Å². The van der Waals surface area contributed by atoms with E-state index in [1.165, 1.54) is 18.3 Å². The van der Waals surface area contributed by atoms with E-state index in [4.69, 9.17) is 11.6 Å². The molecule has 0 aliphatic heterocycles. The van der Waals surface area contributed by atoms with Crippen LogP contribution in [0.4, 0.5) is 4.39 Å². The topological polar surface area (TPSA) is 71.4 Å². The Bertz CT molecular complexity index is 777. The Morgan fingerprint density at radius 1 is 1.29 bits per heavy atom. The molecule has 2 aromatic rings. The van der Waals surface area contributed by atoms with Gasteiger partial charge in [0.1, 0.15) is 0 Å². The lowest BCUT2D eigenvalue weighted by Crippen LogP contribution is -2.18. The summed E-state index contributed by atoms with van der Waals surface area (Å²) in [5.41, 5.74) is 1.11. The van der Waals surface area contributed by atoms with Crippen molar-refractivity contribution in [1.82, 2.24) is 9.82 Å². The fraction of sp³-hybridized carbons (Fsp3) is 0.0769. The molecule has 8 heteroatoms. The Balaban J connectivity index is 2.16. The molecule has 0 amide bonds. The zero-order chi connectivity index (χ0) is 15.5. The van der Waals surface area contributed by atoms with E-state index in [0.717, 1.165) is 18.0 Å². The van der Waals surface area contributed by atoms with Crippen LogP contribution in [0.25, 0.3) is 0 Å². The highest BCUT2D eigenvalue weighted by atomic mass is 35.5. The maximum absolute atomic E-state index is 13.1. The van der Waals surface area contributed by atoms with Crippen molar-refractivity contribution in [3.63, 3.8) is 0 Å². The zero-order valence-corrected chi connectivity index (χ0v) is 12.5. The van der Waals surface area contributed by atoms with Gasteiger partial charge in [0.2, 0.25) is 0 Å². The first-order chi connectivity index (χ1) is 9.90. The van der Waals surface area contributed by atoms with E-state index in [9.17, 15) is 12.8 Å². The molecule has 1 heterocycles. The predicted octanol–water partition coefficient (Wildman–Crippen LogP) is 2.49. The maximum Gasteiger partial charge on any atom is 0.276 e. The normalized spacial score (nSPS) is 11.8. The molecule has 0 spiro atoms. The van der Waals surface area contributed by atoms with Gasteiger partial charge in [-0.15, -0.1) is 0 Å². The van der Waals surface area contributed by atoms with Gasteiger partial charge in [0, 0.05) is 11.8 Å². The minimum atomic E-state index is -3.78. The second kappa shape index (κ2) is 6.19. The number of hydrogen-bond acceptors (Lipinski definition) is 4. The average molecular weight is 328 g/mol. The Kier molecular flexibility index (Phi) is 4.54. The van der Waals surface area contributed by atoms with Gasteiger partial charge in [0.05, 0.1) is 22.3 Å². The maximum atomic E-state index is 13.1. The van der Waals surface area contributed by atoms with Crippen LogP contribution in [0.3, 0.4) is 0 Å². The largest absolute Gasteiger partial charge is 0.276 e. The standard InChI is InChI=1S/C13H11ClFN3O2S/c1-9-2-4-11(5-3-9)21(19,20)18-17-7-10-6-16-8-12(15)13(10)14/h2-8,18H,1H3/b17-7+. The first kappa shape index (κ1) is 15.4. The van der Waals surface area contributed by atoms with Crippen molar-refractivity contribution in [3.05, 3.63) is 58.6 Å². The van der Waals surface area contributed by atoms with Crippen LogP contribution in [0.15, 0.2) is 46.7 Å². The van der Waals surface area contributed by atoms with Crippen molar-refractivity contribution in [2.24, 2.45) is 5.10 Å². The number of benzene rings is 1. The number of aromatic nitrogens is 1. The fourth-order valence-electron chi connectivity index (χ4n) is 1.46. The summed E-state index contributed by atoms with van der Waals surface area (Å²) < 4.78 is 37.0. The molecular weight excluding hydrogens is 317 g/mol. The summed E-state index contributed by atoms with van der Waals surface area (Å²) in [7, 11) is -3.78. The Hall–Kier alpha value is -1.99. The fourth-order valence-corrected chi connectivity index (χ4v) is 2.40. The number of sulfonamides is 1. The monoisotopic (exact) mass is 327 g/mol. The number of rotatable bonds is 4. The summed E-state index contributed by atoms with van der Waals surface area (Å²) in [5, 5.41) is 3.38. The molecule has 0 saturated heterocycles. The summed E-state index contributed by atoms with van der Waals surface area (Å²) >= 11 is 5.69. The smallest absolute Gasteiger partial charge is 0.261 e. The van der Waals surface area contributed by atoms with Crippen LogP contribution in [0.2, 0.25) is 5.02 Å². The Labute approximate surface area is 126 Å². The molecule has 1 aromatic heterocycles. The lowest BCUT2D eigenvalue weighted by atomic mass is 10.2. The molecule has 2 rings (SSSR count). The Morgan fingerprint density at radius 2 is 1.95 bits per heavy atom. The molecule has 21 heavy (non-hydrogen) atoms. The summed E-state index contributed by atoms with van der Waals surface area (Å²) in [6.45, 7) is 1.85. The SMILES string of the molecule is Cc1ccc(S(=O)(=O)N/N=C/c2cncc(F)c2Cl)cc1. The van der Waals surface area contributed by atoms with Crippen LogP contribution in [-0.4, -0.2) is 19.6 Å². The van der Waals surface area contributed by atoms with E-state index >= 15 is 0 Å². The zero-order valence-electron chi connectivity index (χ0n) is 10.9. The molecule has 1 aromatic carbocycles. The molecule has 0 bridgehead atoms. The van der Waals surface area contributed by atoms with Gasteiger partial charge in [-0.3, -0.25) is 4.98 Å². The molecule has 110 valence electrons. The van der Waals surface area contributed by atoms with Crippen LogP contribution in [0, 0.1) is 12.7 Å². The molecule has 0 aliphatic carbocycles. The number of hydrogen-bond donors (Lipinski definition) is 1. The third kappa shape index (κ3) is 3.77. The highest BCUT2D eigenvalue weighted by Gasteiger charge is 2.12. The molecule has 0 aliphatic rings. The van der Waals surface area contributed by atoms with E-state index in [1.54, 1.807) is 12.1 Å². The number of halogens is 2. The summed E-state index contributed by atoms with van der Waals surface area (Å²) in [4.78, 5) is 5.70. The predicted molar refractivity (Wildman–Crippen MR) is 78.3 cm³/mol. The molecule has 0 fully saturated rings. The molecule has 0 radical (unpaired) electrons. The van der Waals surface area contributed by atoms with Crippen LogP contribution in [0.5, 0.6) is 0 Å². The number of hydrazone groups is 1. The summed E-state index contributed by atoms with van der Waals surface area (Å²) in [5.74, 6) is -0.706. The lowest BCUT2D eigenvalue weighted by molar-refractivity contribution is 0.584. The molecule has 5 nitrogen and oxygen atoms in total. The van der Waals surface area contributed by atoms with Crippen molar-refractivity contribution < 1.29 is 12.8 Å². The minimum absolute atomic E-state index is 0.0775. The van der Waals surface area contributed by atoms with E-state index in [2.05, 4.69) is 10.1 Å². The highest BCUT2D eigenvalue weighted by Crippen LogP contribution is 2.16. The van der Waals surface area contributed by atoms with Gasteiger partial charge in [-0.25, -0.2) is 9.22 Å². The lowest BCUT2D eigenvalue weighted by Gasteiger charge is -2.03. The van der Waals surface area contributed by atoms with Crippen LogP contribution < -0.4 is 4.83 Å². The quantitative estimate of drug-likeness (QED) is 0.692. The van der Waals surface area contributed by atoms with Crippen LogP contribution in [0.1, 0.15) is 11.1 Å². The minimum Gasteiger partial charge on any atom is -0.261 e. The van der Waals surface area contributed by atoms with Gasteiger partial charge in [-0.2, -0.15) is 13.5 Å². The second-order valence-electron chi connectivity index (χ2n) is 4.19. The van der Waals surface area contributed by atoms with Gasteiger partial charge in [-0.05, 0) is 19.1 Å². The average Bonchev–Trinajstić information content (AvgIpc) is 2.44. The number of nitrogens with zero attached hydrogens (tertiary/aromatic N) is 2. The molecular formula is C13H11ClFN3O2S.